The maximum absolute atomic E-state index is 13.3. The Bertz CT molecular complexity index is 682. The van der Waals surface area contributed by atoms with E-state index in [-0.39, 0.29) is 30.7 Å². The molecule has 4 aliphatic heterocycles. The molecular formula is C24H37Cl2N3O. The summed E-state index contributed by atoms with van der Waals surface area (Å²) in [6.07, 6.45) is 8.71. The van der Waals surface area contributed by atoms with E-state index >= 15 is 0 Å². The summed E-state index contributed by atoms with van der Waals surface area (Å²) < 4.78 is 0. The summed E-state index contributed by atoms with van der Waals surface area (Å²) in [7, 11) is 0. The van der Waals surface area contributed by atoms with Gasteiger partial charge in [0.2, 0.25) is 5.91 Å². The number of carbonyl (C=O) groups excluding carboxylic acids is 1. The van der Waals surface area contributed by atoms with Gasteiger partial charge in [0.25, 0.3) is 0 Å². The molecule has 6 heteroatoms. The lowest BCUT2D eigenvalue weighted by Gasteiger charge is -2.57. The van der Waals surface area contributed by atoms with Crippen molar-refractivity contribution in [2.45, 2.75) is 57.0 Å². The molecule has 0 unspecified atom stereocenters. The number of halogens is 2. The van der Waals surface area contributed by atoms with E-state index in [9.17, 15) is 4.79 Å². The van der Waals surface area contributed by atoms with Crippen LogP contribution in [0, 0.1) is 17.8 Å². The molecule has 4 heterocycles. The molecule has 0 saturated carbocycles. The predicted molar refractivity (Wildman–Crippen MR) is 127 cm³/mol. The van der Waals surface area contributed by atoms with E-state index < -0.39 is 0 Å². The minimum Gasteiger partial charge on any atom is -0.342 e. The quantitative estimate of drug-likeness (QED) is 0.755. The highest BCUT2D eigenvalue weighted by molar-refractivity contribution is 5.85. The zero-order valence-corrected chi connectivity index (χ0v) is 19.5. The molecule has 0 aromatic heterocycles. The fourth-order valence-electron chi connectivity index (χ4n) is 6.54. The molecule has 1 N–H and O–H groups in total. The molecule has 30 heavy (non-hydrogen) atoms. The number of nitrogens with zero attached hydrogens (tertiary/aromatic N) is 2. The molecule has 168 valence electrons. The van der Waals surface area contributed by atoms with Crippen molar-refractivity contribution >= 4 is 30.7 Å². The summed E-state index contributed by atoms with van der Waals surface area (Å²) in [5.74, 6) is 1.97. The van der Waals surface area contributed by atoms with E-state index in [0.717, 1.165) is 45.4 Å². The number of piperidine rings is 4. The zero-order chi connectivity index (χ0) is 18.9. The van der Waals surface area contributed by atoms with Crippen molar-refractivity contribution in [1.82, 2.24) is 15.1 Å². The van der Waals surface area contributed by atoms with Crippen LogP contribution in [0.1, 0.15) is 44.1 Å². The number of rotatable bonds is 3. The summed E-state index contributed by atoms with van der Waals surface area (Å²) in [6.45, 7) is 5.20. The fourth-order valence-corrected chi connectivity index (χ4v) is 6.54. The first kappa shape index (κ1) is 23.8. The maximum Gasteiger partial charge on any atom is 0.226 e. The molecular weight excluding hydrogens is 417 g/mol. The summed E-state index contributed by atoms with van der Waals surface area (Å²) in [4.78, 5) is 18.4. The van der Waals surface area contributed by atoms with Crippen LogP contribution in [0.15, 0.2) is 30.3 Å². The van der Waals surface area contributed by atoms with Crippen LogP contribution in [0.25, 0.3) is 0 Å². The van der Waals surface area contributed by atoms with Gasteiger partial charge >= 0.3 is 0 Å². The molecule has 4 nitrogen and oxygen atoms in total. The Balaban J connectivity index is 0.00000128. The Hall–Kier alpha value is -0.810. The van der Waals surface area contributed by atoms with Crippen LogP contribution < -0.4 is 5.32 Å². The summed E-state index contributed by atoms with van der Waals surface area (Å²) in [5, 5.41) is 3.44. The Morgan fingerprint density at radius 3 is 2.57 bits per heavy atom. The van der Waals surface area contributed by atoms with Crippen molar-refractivity contribution in [2.24, 2.45) is 17.8 Å². The van der Waals surface area contributed by atoms with E-state index in [1.54, 1.807) is 0 Å². The average molecular weight is 454 g/mol. The molecule has 1 aromatic carbocycles. The Kier molecular flexibility index (Phi) is 8.48. The zero-order valence-electron chi connectivity index (χ0n) is 17.9. The standard InChI is InChI=1S/C24H35N3O.2ClH/c28-24(19-9-6-11-25-15-19)26-16-20-14-21(17-26)23(13-18-7-2-1-3-8-18)27-12-5-4-10-22(20)27;;/h1-3,7-8,19-23,25H,4-6,9-17H2;2*1H/t19-,20-,21+,22+,23+;;/m1../s1. The van der Waals surface area contributed by atoms with Gasteiger partial charge in [-0.3, -0.25) is 9.69 Å². The highest BCUT2D eigenvalue weighted by Gasteiger charge is 2.48. The third-order valence-electron chi connectivity index (χ3n) is 7.87. The molecule has 4 saturated heterocycles. The predicted octanol–water partition coefficient (Wildman–Crippen LogP) is 3.77. The molecule has 5 rings (SSSR count). The van der Waals surface area contributed by atoms with Crippen molar-refractivity contribution in [1.29, 1.82) is 0 Å². The second-order valence-corrected chi connectivity index (χ2v) is 9.60. The molecule has 0 spiro atoms. The highest BCUT2D eigenvalue weighted by atomic mass is 35.5. The van der Waals surface area contributed by atoms with Gasteiger partial charge in [0.05, 0.1) is 5.92 Å². The normalized spacial score (nSPS) is 33.6. The first-order chi connectivity index (χ1) is 13.8. The van der Waals surface area contributed by atoms with Crippen LogP contribution in [0.3, 0.4) is 0 Å². The van der Waals surface area contributed by atoms with Gasteiger partial charge in [-0.05, 0) is 69.0 Å². The number of benzene rings is 1. The van der Waals surface area contributed by atoms with E-state index in [0.29, 0.717) is 29.8 Å². The molecule has 0 aliphatic carbocycles. The number of hydrogen-bond donors (Lipinski definition) is 1. The summed E-state index contributed by atoms with van der Waals surface area (Å²) in [6, 6.07) is 12.3. The van der Waals surface area contributed by atoms with Gasteiger partial charge < -0.3 is 10.2 Å². The Morgan fingerprint density at radius 1 is 1.00 bits per heavy atom. The van der Waals surface area contributed by atoms with Crippen LogP contribution in [-0.4, -0.2) is 60.5 Å². The topological polar surface area (TPSA) is 35.6 Å². The summed E-state index contributed by atoms with van der Waals surface area (Å²) in [5.41, 5.74) is 1.45. The van der Waals surface area contributed by atoms with E-state index in [2.05, 4.69) is 45.4 Å². The number of carbonyl (C=O) groups is 1. The second kappa shape index (κ2) is 10.7. The average Bonchev–Trinajstić information content (AvgIpc) is 2.77. The molecule has 4 fully saturated rings. The number of fused-ring (bicyclic) bond motifs is 4. The van der Waals surface area contributed by atoms with Crippen molar-refractivity contribution < 1.29 is 4.79 Å². The van der Waals surface area contributed by atoms with Crippen molar-refractivity contribution in [2.75, 3.05) is 32.7 Å². The maximum atomic E-state index is 13.3. The van der Waals surface area contributed by atoms with Gasteiger partial charge in [-0.2, -0.15) is 0 Å². The van der Waals surface area contributed by atoms with Gasteiger partial charge in [0.1, 0.15) is 0 Å². The van der Waals surface area contributed by atoms with Gasteiger partial charge in [0.15, 0.2) is 0 Å². The number of hydrogen-bond acceptors (Lipinski definition) is 3. The Labute approximate surface area is 194 Å². The SMILES string of the molecule is Cl.Cl.O=C([C@@H]1CCCNC1)N1C[C@H]2C[C@@H](C1)[C@H](Cc1ccccc1)N1CCCC[C@@H]21. The van der Waals surface area contributed by atoms with E-state index in [4.69, 9.17) is 0 Å². The van der Waals surface area contributed by atoms with Crippen molar-refractivity contribution in [3.63, 3.8) is 0 Å². The van der Waals surface area contributed by atoms with Gasteiger partial charge in [-0.25, -0.2) is 0 Å². The lowest BCUT2D eigenvalue weighted by molar-refractivity contribution is -0.145. The van der Waals surface area contributed by atoms with Crippen LogP contribution in [0.2, 0.25) is 0 Å². The molecule has 5 atom stereocenters. The first-order valence-electron chi connectivity index (χ1n) is 11.6. The van der Waals surface area contributed by atoms with Crippen molar-refractivity contribution in [3.05, 3.63) is 35.9 Å². The highest BCUT2D eigenvalue weighted by Crippen LogP contribution is 2.42. The monoisotopic (exact) mass is 453 g/mol. The summed E-state index contributed by atoms with van der Waals surface area (Å²) >= 11 is 0. The molecule has 2 bridgehead atoms. The van der Waals surface area contributed by atoms with Gasteiger partial charge in [-0.1, -0.05) is 36.8 Å². The minimum atomic E-state index is 0. The third-order valence-corrected chi connectivity index (χ3v) is 7.87. The molecule has 1 aromatic rings. The largest absolute Gasteiger partial charge is 0.342 e. The van der Waals surface area contributed by atoms with Crippen LogP contribution in [0.4, 0.5) is 0 Å². The van der Waals surface area contributed by atoms with Crippen LogP contribution in [0.5, 0.6) is 0 Å². The lowest BCUT2D eigenvalue weighted by Crippen LogP contribution is -2.65. The molecule has 4 aliphatic rings. The number of likely N-dealkylation sites (tertiary alicyclic amines) is 1. The molecule has 0 radical (unpaired) electrons. The van der Waals surface area contributed by atoms with Crippen LogP contribution in [-0.2, 0) is 11.2 Å². The minimum absolute atomic E-state index is 0. The lowest BCUT2D eigenvalue weighted by atomic mass is 9.70. The van der Waals surface area contributed by atoms with E-state index in [1.807, 2.05) is 0 Å². The third kappa shape index (κ3) is 4.82. The second-order valence-electron chi connectivity index (χ2n) is 9.60. The molecule has 1 amide bonds. The van der Waals surface area contributed by atoms with Crippen LogP contribution >= 0.6 is 24.8 Å². The number of nitrogens with one attached hydrogen (secondary N) is 1. The Morgan fingerprint density at radius 2 is 1.80 bits per heavy atom. The first-order valence-corrected chi connectivity index (χ1v) is 11.6. The van der Waals surface area contributed by atoms with Crippen molar-refractivity contribution in [3.8, 4) is 0 Å². The number of amides is 1. The van der Waals surface area contributed by atoms with Gasteiger partial charge in [-0.15, -0.1) is 24.8 Å². The smallest absolute Gasteiger partial charge is 0.226 e. The van der Waals surface area contributed by atoms with Gasteiger partial charge in [0, 0.05) is 31.7 Å². The van der Waals surface area contributed by atoms with E-state index in [1.165, 1.54) is 37.8 Å². The fraction of sp³-hybridized carbons (Fsp3) is 0.708.